The monoisotopic (exact) mass is 444 g/mol. The summed E-state index contributed by atoms with van der Waals surface area (Å²) in [4.78, 5) is 27.8. The Kier molecular flexibility index (Phi) is 9.38. The summed E-state index contributed by atoms with van der Waals surface area (Å²) >= 11 is 6.00. The number of carbonyl (C=O) groups is 2. The molecule has 1 N–H and O–H groups in total. The number of amides is 2. The third kappa shape index (κ3) is 7.28. The number of nitrogens with zero attached hydrogens (tertiary/aromatic N) is 1. The third-order valence-electron chi connectivity index (χ3n) is 5.35. The molecule has 31 heavy (non-hydrogen) atoms. The van der Waals surface area contributed by atoms with Gasteiger partial charge >= 0.3 is 0 Å². The van der Waals surface area contributed by atoms with Gasteiger partial charge in [0.05, 0.1) is 0 Å². The van der Waals surface area contributed by atoms with Crippen molar-refractivity contribution in [2.45, 2.75) is 66.1 Å². The van der Waals surface area contributed by atoms with E-state index in [2.05, 4.69) is 5.32 Å². The SMILES string of the molecule is CC[C@H](C(=O)N[C@@H](C)CC)N(Cc1ccc(Cl)cc1)C(=O)COc1cc(C)ccc1C. The molecule has 0 aromatic heterocycles. The fraction of sp³-hybridized carbons (Fsp3) is 0.440. The average Bonchev–Trinajstić information content (AvgIpc) is 2.75. The van der Waals surface area contributed by atoms with Gasteiger partial charge in [-0.15, -0.1) is 0 Å². The maximum Gasteiger partial charge on any atom is 0.261 e. The number of hydrogen-bond acceptors (Lipinski definition) is 3. The molecule has 0 aliphatic heterocycles. The summed E-state index contributed by atoms with van der Waals surface area (Å²) in [6.07, 6.45) is 1.33. The first kappa shape index (κ1) is 24.7. The molecule has 0 aliphatic rings. The molecule has 2 aromatic carbocycles. The molecule has 0 radical (unpaired) electrons. The van der Waals surface area contributed by atoms with Crippen molar-refractivity contribution in [2.75, 3.05) is 6.61 Å². The number of carbonyl (C=O) groups excluding carboxylic acids is 2. The fourth-order valence-electron chi connectivity index (χ4n) is 3.23. The lowest BCUT2D eigenvalue weighted by Gasteiger charge is -2.31. The van der Waals surface area contributed by atoms with Crippen LogP contribution in [0.3, 0.4) is 0 Å². The van der Waals surface area contributed by atoms with Crippen molar-refractivity contribution in [3.05, 3.63) is 64.2 Å². The zero-order valence-corrected chi connectivity index (χ0v) is 19.8. The molecule has 0 unspecified atom stereocenters. The summed E-state index contributed by atoms with van der Waals surface area (Å²) in [6.45, 7) is 9.98. The minimum Gasteiger partial charge on any atom is -0.483 e. The summed E-state index contributed by atoms with van der Waals surface area (Å²) in [5.74, 6) is 0.296. The second-order valence-corrected chi connectivity index (χ2v) is 8.38. The smallest absolute Gasteiger partial charge is 0.261 e. The molecule has 0 saturated carbocycles. The van der Waals surface area contributed by atoms with Crippen molar-refractivity contribution in [2.24, 2.45) is 0 Å². The Labute approximate surface area is 190 Å². The van der Waals surface area contributed by atoms with E-state index in [9.17, 15) is 9.59 Å². The molecule has 0 saturated heterocycles. The summed E-state index contributed by atoms with van der Waals surface area (Å²) in [5, 5.41) is 3.63. The van der Waals surface area contributed by atoms with Crippen LogP contribution < -0.4 is 10.1 Å². The zero-order valence-electron chi connectivity index (χ0n) is 19.1. The van der Waals surface area contributed by atoms with Crippen LogP contribution in [-0.2, 0) is 16.1 Å². The van der Waals surface area contributed by atoms with Gasteiger partial charge in [-0.3, -0.25) is 9.59 Å². The van der Waals surface area contributed by atoms with Crippen LogP contribution in [0.4, 0.5) is 0 Å². The second kappa shape index (κ2) is 11.8. The normalized spacial score (nSPS) is 12.7. The van der Waals surface area contributed by atoms with Crippen LogP contribution in [0.5, 0.6) is 5.75 Å². The minimum atomic E-state index is -0.584. The molecule has 2 atom stereocenters. The van der Waals surface area contributed by atoms with Gasteiger partial charge in [0.25, 0.3) is 5.91 Å². The number of hydrogen-bond donors (Lipinski definition) is 1. The maximum atomic E-state index is 13.2. The topological polar surface area (TPSA) is 58.6 Å². The van der Waals surface area contributed by atoms with Crippen molar-refractivity contribution in [1.82, 2.24) is 10.2 Å². The van der Waals surface area contributed by atoms with Crippen LogP contribution in [0.25, 0.3) is 0 Å². The number of rotatable bonds is 10. The highest BCUT2D eigenvalue weighted by Crippen LogP contribution is 2.20. The summed E-state index contributed by atoms with van der Waals surface area (Å²) in [7, 11) is 0. The van der Waals surface area contributed by atoms with Gasteiger partial charge in [0.1, 0.15) is 11.8 Å². The lowest BCUT2D eigenvalue weighted by atomic mass is 10.1. The number of nitrogens with one attached hydrogen (secondary N) is 1. The predicted molar refractivity (Wildman–Crippen MR) is 125 cm³/mol. The number of halogens is 1. The van der Waals surface area contributed by atoms with Crippen LogP contribution in [0, 0.1) is 13.8 Å². The minimum absolute atomic E-state index is 0.0419. The van der Waals surface area contributed by atoms with E-state index >= 15 is 0 Å². The lowest BCUT2D eigenvalue weighted by molar-refractivity contribution is -0.143. The average molecular weight is 445 g/mol. The first-order valence-electron chi connectivity index (χ1n) is 10.8. The maximum absolute atomic E-state index is 13.2. The quantitative estimate of drug-likeness (QED) is 0.557. The summed E-state index contributed by atoms with van der Waals surface area (Å²) in [5.41, 5.74) is 2.92. The Hall–Kier alpha value is -2.53. The van der Waals surface area contributed by atoms with Crippen LogP contribution in [0.15, 0.2) is 42.5 Å². The number of ether oxygens (including phenoxy) is 1. The van der Waals surface area contributed by atoms with E-state index < -0.39 is 6.04 Å². The van der Waals surface area contributed by atoms with Gasteiger partial charge in [-0.2, -0.15) is 0 Å². The standard InChI is InChI=1S/C25H33ClN2O3/c1-6-19(5)27-25(30)22(7-2)28(15-20-10-12-21(26)13-11-20)24(29)16-31-23-14-17(3)8-9-18(23)4/h8-14,19,22H,6-7,15-16H2,1-5H3,(H,27,30)/t19-,22+/m0/s1. The Morgan fingerprint density at radius 1 is 1.06 bits per heavy atom. The molecular formula is C25H33ClN2O3. The van der Waals surface area contributed by atoms with Crippen molar-refractivity contribution < 1.29 is 14.3 Å². The van der Waals surface area contributed by atoms with Crippen molar-refractivity contribution in [1.29, 1.82) is 0 Å². The molecule has 5 nitrogen and oxygen atoms in total. The van der Waals surface area contributed by atoms with Crippen LogP contribution in [0.1, 0.15) is 50.3 Å². The van der Waals surface area contributed by atoms with Gasteiger partial charge in [-0.05, 0) is 68.5 Å². The highest BCUT2D eigenvalue weighted by atomic mass is 35.5. The molecule has 168 valence electrons. The van der Waals surface area contributed by atoms with Gasteiger partial charge in [0.15, 0.2) is 6.61 Å². The highest BCUT2D eigenvalue weighted by molar-refractivity contribution is 6.30. The Balaban J connectivity index is 2.23. The lowest BCUT2D eigenvalue weighted by Crippen LogP contribution is -2.51. The fourth-order valence-corrected chi connectivity index (χ4v) is 3.36. The summed E-state index contributed by atoms with van der Waals surface area (Å²) < 4.78 is 5.85. The van der Waals surface area contributed by atoms with Crippen LogP contribution in [0.2, 0.25) is 5.02 Å². The van der Waals surface area contributed by atoms with Gasteiger partial charge in [0, 0.05) is 17.6 Å². The molecule has 2 amide bonds. The van der Waals surface area contributed by atoms with Crippen LogP contribution >= 0.6 is 11.6 Å². The molecule has 0 heterocycles. The second-order valence-electron chi connectivity index (χ2n) is 7.95. The largest absolute Gasteiger partial charge is 0.483 e. The van der Waals surface area contributed by atoms with E-state index in [0.29, 0.717) is 23.7 Å². The Bertz CT molecular complexity index is 883. The van der Waals surface area contributed by atoms with E-state index in [1.807, 2.05) is 65.0 Å². The number of benzene rings is 2. The van der Waals surface area contributed by atoms with Crippen molar-refractivity contribution in [3.63, 3.8) is 0 Å². The van der Waals surface area contributed by atoms with Crippen LogP contribution in [-0.4, -0.2) is 35.4 Å². The van der Waals surface area contributed by atoms with Gasteiger partial charge in [-0.25, -0.2) is 0 Å². The van der Waals surface area contributed by atoms with E-state index in [1.54, 1.807) is 17.0 Å². The molecule has 2 aromatic rings. The first-order valence-corrected chi connectivity index (χ1v) is 11.2. The highest BCUT2D eigenvalue weighted by Gasteiger charge is 2.29. The third-order valence-corrected chi connectivity index (χ3v) is 5.60. The molecule has 6 heteroatoms. The zero-order chi connectivity index (χ0) is 23.0. The Morgan fingerprint density at radius 2 is 1.74 bits per heavy atom. The first-order chi connectivity index (χ1) is 14.7. The Morgan fingerprint density at radius 3 is 2.35 bits per heavy atom. The van der Waals surface area contributed by atoms with Crippen molar-refractivity contribution in [3.8, 4) is 5.75 Å². The van der Waals surface area contributed by atoms with Gasteiger partial charge in [-0.1, -0.05) is 49.7 Å². The number of aryl methyl sites for hydroxylation is 2. The molecule has 2 rings (SSSR count). The van der Waals surface area contributed by atoms with Gasteiger partial charge in [0.2, 0.25) is 5.91 Å². The van der Waals surface area contributed by atoms with E-state index in [-0.39, 0.29) is 24.5 Å². The molecule has 0 fully saturated rings. The van der Waals surface area contributed by atoms with Gasteiger partial charge < -0.3 is 15.0 Å². The molecule has 0 aliphatic carbocycles. The molecule has 0 bridgehead atoms. The van der Waals surface area contributed by atoms with E-state index in [0.717, 1.165) is 23.1 Å². The molecular weight excluding hydrogens is 412 g/mol. The summed E-state index contributed by atoms with van der Waals surface area (Å²) in [6, 6.07) is 12.6. The van der Waals surface area contributed by atoms with E-state index in [4.69, 9.17) is 16.3 Å². The predicted octanol–water partition coefficient (Wildman–Crippen LogP) is 5.06. The molecule has 0 spiro atoms. The van der Waals surface area contributed by atoms with E-state index in [1.165, 1.54) is 0 Å². The van der Waals surface area contributed by atoms with Crippen molar-refractivity contribution >= 4 is 23.4 Å².